The van der Waals surface area contributed by atoms with E-state index in [1.807, 2.05) is 0 Å². The first-order valence-electron chi connectivity index (χ1n) is 6.51. The second kappa shape index (κ2) is 5.35. The zero-order valence-electron chi connectivity index (χ0n) is 11.1. The van der Waals surface area contributed by atoms with Gasteiger partial charge in [-0.2, -0.15) is 5.10 Å². The quantitative estimate of drug-likeness (QED) is 0.879. The second-order valence-corrected chi connectivity index (χ2v) is 4.70. The molecule has 0 aliphatic carbocycles. The molecule has 1 N–H and O–H groups in total. The summed E-state index contributed by atoms with van der Waals surface area (Å²) >= 11 is 0. The molecule has 6 nitrogen and oxygen atoms in total. The van der Waals surface area contributed by atoms with Gasteiger partial charge in [0.1, 0.15) is 5.82 Å². The van der Waals surface area contributed by atoms with Gasteiger partial charge in [-0.3, -0.25) is 9.59 Å². The number of nitrogens with zero attached hydrogens (tertiary/aromatic N) is 3. The Bertz CT molecular complexity index is 681. The summed E-state index contributed by atoms with van der Waals surface area (Å²) in [6, 6.07) is 7.38. The average Bonchev–Trinajstić information content (AvgIpc) is 2.97. The number of rotatable bonds is 2. The van der Waals surface area contributed by atoms with Gasteiger partial charge in [-0.05, 0) is 30.3 Å². The highest BCUT2D eigenvalue weighted by Crippen LogP contribution is 2.10. The molecule has 3 rings (SSSR count). The predicted octanol–water partition coefficient (Wildman–Crippen LogP) is 0.583. The molecule has 2 heterocycles. The molecule has 0 saturated carbocycles. The number of carbonyl (C=O) groups is 2. The highest BCUT2D eigenvalue weighted by molar-refractivity contribution is 5.95. The van der Waals surface area contributed by atoms with E-state index in [0.717, 1.165) is 0 Å². The fourth-order valence-electron chi connectivity index (χ4n) is 2.15. The van der Waals surface area contributed by atoms with Crippen LogP contribution < -0.4 is 5.32 Å². The second-order valence-electron chi connectivity index (χ2n) is 4.70. The fraction of sp³-hybridized carbons (Fsp3) is 0.214. The van der Waals surface area contributed by atoms with Gasteiger partial charge in [0.25, 0.3) is 5.91 Å². The van der Waals surface area contributed by atoms with Gasteiger partial charge >= 0.3 is 0 Å². The van der Waals surface area contributed by atoms with Crippen molar-refractivity contribution >= 4 is 11.8 Å². The van der Waals surface area contributed by atoms with E-state index in [1.165, 1.54) is 21.7 Å². The lowest BCUT2D eigenvalue weighted by Gasteiger charge is -2.25. The Labute approximate surface area is 120 Å². The van der Waals surface area contributed by atoms with E-state index in [4.69, 9.17) is 0 Å². The number of hydrogen-bond acceptors (Lipinski definition) is 3. The van der Waals surface area contributed by atoms with Crippen LogP contribution in [0.4, 0.5) is 4.39 Å². The Balaban J connectivity index is 1.79. The van der Waals surface area contributed by atoms with Crippen molar-refractivity contribution < 1.29 is 14.0 Å². The summed E-state index contributed by atoms with van der Waals surface area (Å²) in [6.45, 7) is 0.958. The monoisotopic (exact) mass is 288 g/mol. The first kappa shape index (κ1) is 13.3. The molecule has 108 valence electrons. The molecule has 0 atom stereocenters. The summed E-state index contributed by atoms with van der Waals surface area (Å²) in [7, 11) is 0. The van der Waals surface area contributed by atoms with Crippen LogP contribution in [-0.4, -0.2) is 46.1 Å². The molecule has 7 heteroatoms. The molecule has 21 heavy (non-hydrogen) atoms. The predicted molar refractivity (Wildman–Crippen MR) is 72.4 cm³/mol. The van der Waals surface area contributed by atoms with E-state index in [0.29, 0.717) is 18.8 Å². The topological polar surface area (TPSA) is 67.2 Å². The molecule has 0 bridgehead atoms. The minimum Gasteiger partial charge on any atom is -0.353 e. The van der Waals surface area contributed by atoms with E-state index < -0.39 is 0 Å². The van der Waals surface area contributed by atoms with Gasteiger partial charge in [-0.1, -0.05) is 0 Å². The van der Waals surface area contributed by atoms with Crippen LogP contribution >= 0.6 is 0 Å². The van der Waals surface area contributed by atoms with Crippen molar-refractivity contribution in [1.29, 1.82) is 0 Å². The highest BCUT2D eigenvalue weighted by Gasteiger charge is 2.23. The summed E-state index contributed by atoms with van der Waals surface area (Å²) in [5.41, 5.74) is 0.917. The normalized spacial score (nSPS) is 14.9. The minimum absolute atomic E-state index is 0.0439. The van der Waals surface area contributed by atoms with Crippen molar-refractivity contribution in [2.45, 2.75) is 0 Å². The number of halogens is 1. The van der Waals surface area contributed by atoms with Crippen LogP contribution in [0, 0.1) is 5.82 Å². The highest BCUT2D eigenvalue weighted by atomic mass is 19.1. The number of amides is 2. The number of hydrogen-bond donors (Lipinski definition) is 1. The van der Waals surface area contributed by atoms with Crippen molar-refractivity contribution in [3.05, 3.63) is 48.0 Å². The van der Waals surface area contributed by atoms with Crippen molar-refractivity contribution in [3.8, 4) is 5.69 Å². The molecule has 2 aromatic rings. The molecular weight excluding hydrogens is 275 g/mol. The standard InChI is InChI=1S/C14H13FN4O2/c15-10-1-3-11(4-2-10)19-7-5-12(17-19)14(21)18-8-6-16-13(20)9-18/h1-5,7H,6,8-9H2,(H,16,20). The van der Waals surface area contributed by atoms with Crippen molar-refractivity contribution in [2.75, 3.05) is 19.6 Å². The number of aromatic nitrogens is 2. The Kier molecular flexibility index (Phi) is 3.39. The Morgan fingerprint density at radius 3 is 2.71 bits per heavy atom. The van der Waals surface area contributed by atoms with E-state index in [1.54, 1.807) is 24.4 Å². The number of carbonyl (C=O) groups excluding carboxylic acids is 2. The van der Waals surface area contributed by atoms with Crippen LogP contribution in [0.2, 0.25) is 0 Å². The third kappa shape index (κ3) is 2.76. The molecular formula is C14H13FN4O2. The van der Waals surface area contributed by atoms with Crippen molar-refractivity contribution in [3.63, 3.8) is 0 Å². The van der Waals surface area contributed by atoms with E-state index >= 15 is 0 Å². The number of nitrogens with one attached hydrogen (secondary N) is 1. The third-order valence-electron chi connectivity index (χ3n) is 3.22. The van der Waals surface area contributed by atoms with Crippen molar-refractivity contribution in [2.24, 2.45) is 0 Å². The van der Waals surface area contributed by atoms with Gasteiger partial charge in [0.15, 0.2) is 5.69 Å². The molecule has 0 unspecified atom stereocenters. The molecule has 1 saturated heterocycles. The molecule has 0 radical (unpaired) electrons. The van der Waals surface area contributed by atoms with E-state index in [-0.39, 0.29) is 29.9 Å². The van der Waals surface area contributed by atoms with Gasteiger partial charge in [0, 0.05) is 19.3 Å². The lowest BCUT2D eigenvalue weighted by Crippen LogP contribution is -2.50. The number of piperazine rings is 1. The summed E-state index contributed by atoms with van der Waals surface area (Å²) in [4.78, 5) is 25.0. The lowest BCUT2D eigenvalue weighted by atomic mass is 10.3. The zero-order chi connectivity index (χ0) is 14.8. The van der Waals surface area contributed by atoms with Crippen LogP contribution in [0.5, 0.6) is 0 Å². The first-order valence-corrected chi connectivity index (χ1v) is 6.51. The molecule has 1 aliphatic rings. The summed E-state index contributed by atoms with van der Waals surface area (Å²) < 4.78 is 14.4. The van der Waals surface area contributed by atoms with Gasteiger partial charge in [0.05, 0.1) is 12.2 Å². The molecule has 0 spiro atoms. The largest absolute Gasteiger partial charge is 0.353 e. The summed E-state index contributed by atoms with van der Waals surface area (Å²) in [5.74, 6) is -0.792. The van der Waals surface area contributed by atoms with Gasteiger partial charge in [0.2, 0.25) is 5.91 Å². The Morgan fingerprint density at radius 1 is 1.24 bits per heavy atom. The fourth-order valence-corrected chi connectivity index (χ4v) is 2.15. The average molecular weight is 288 g/mol. The van der Waals surface area contributed by atoms with E-state index in [2.05, 4.69) is 10.4 Å². The van der Waals surface area contributed by atoms with Gasteiger partial charge in [-0.25, -0.2) is 9.07 Å². The van der Waals surface area contributed by atoms with Crippen LogP contribution in [0.15, 0.2) is 36.5 Å². The molecule has 1 aliphatic heterocycles. The van der Waals surface area contributed by atoms with Gasteiger partial charge < -0.3 is 10.2 Å². The Morgan fingerprint density at radius 2 is 2.00 bits per heavy atom. The van der Waals surface area contributed by atoms with Crippen LogP contribution in [0.1, 0.15) is 10.5 Å². The smallest absolute Gasteiger partial charge is 0.274 e. The SMILES string of the molecule is O=C1CN(C(=O)c2ccn(-c3ccc(F)cc3)n2)CCN1. The lowest BCUT2D eigenvalue weighted by molar-refractivity contribution is -0.123. The summed E-state index contributed by atoms with van der Waals surface area (Å²) in [6.07, 6.45) is 1.63. The molecule has 1 fully saturated rings. The molecule has 2 amide bonds. The van der Waals surface area contributed by atoms with Crippen LogP contribution in [0.25, 0.3) is 5.69 Å². The maximum Gasteiger partial charge on any atom is 0.274 e. The van der Waals surface area contributed by atoms with Crippen LogP contribution in [0.3, 0.4) is 0 Å². The number of benzene rings is 1. The maximum atomic E-state index is 12.9. The minimum atomic E-state index is -0.332. The van der Waals surface area contributed by atoms with Crippen LogP contribution in [-0.2, 0) is 4.79 Å². The zero-order valence-corrected chi connectivity index (χ0v) is 11.1. The molecule has 1 aromatic carbocycles. The third-order valence-corrected chi connectivity index (χ3v) is 3.22. The maximum absolute atomic E-state index is 12.9. The first-order chi connectivity index (χ1) is 10.1. The van der Waals surface area contributed by atoms with Crippen molar-refractivity contribution in [1.82, 2.24) is 20.0 Å². The van der Waals surface area contributed by atoms with E-state index in [9.17, 15) is 14.0 Å². The van der Waals surface area contributed by atoms with Gasteiger partial charge in [-0.15, -0.1) is 0 Å². The molecule has 1 aromatic heterocycles. The Hall–Kier alpha value is -2.70. The summed E-state index contributed by atoms with van der Waals surface area (Å²) in [5, 5.41) is 6.84.